The Morgan fingerprint density at radius 3 is 2.65 bits per heavy atom. The molecule has 132 valence electrons. The number of likely N-dealkylation sites (N-methyl/N-ethyl adjacent to an activating group) is 1. The van der Waals surface area contributed by atoms with Crippen LogP contribution in [0.15, 0.2) is 65.2 Å². The smallest absolute Gasteiger partial charge is 0.170 e. The third-order valence-electron chi connectivity index (χ3n) is 4.59. The largest absolute Gasteiger partial charge is 0.459 e. The fraction of sp³-hybridized carbons (Fsp3) is 0.200. The highest BCUT2D eigenvalue weighted by Crippen LogP contribution is 2.40. The number of nitrogens with one attached hydrogen (secondary N) is 1. The second kappa shape index (κ2) is 6.88. The first kappa shape index (κ1) is 16.7. The van der Waals surface area contributed by atoms with E-state index in [0.29, 0.717) is 10.9 Å². The van der Waals surface area contributed by atoms with E-state index < -0.39 is 0 Å². The Morgan fingerprint density at radius 2 is 1.96 bits per heavy atom. The molecule has 4 rings (SSSR count). The van der Waals surface area contributed by atoms with E-state index >= 15 is 0 Å². The van der Waals surface area contributed by atoms with E-state index in [0.717, 1.165) is 23.6 Å². The maximum absolute atomic E-state index is 13.2. The Bertz CT molecular complexity index is 910. The van der Waals surface area contributed by atoms with Crippen molar-refractivity contribution in [2.24, 2.45) is 0 Å². The normalized spacial score (nSPS) is 19.6. The van der Waals surface area contributed by atoms with Crippen LogP contribution in [-0.2, 0) is 0 Å². The van der Waals surface area contributed by atoms with E-state index in [1.54, 1.807) is 18.3 Å². The molecule has 0 bridgehead atoms. The Labute approximate surface area is 156 Å². The second-order valence-corrected chi connectivity index (χ2v) is 6.51. The molecular formula is C20H18FN3OS. The van der Waals surface area contributed by atoms with Gasteiger partial charge in [-0.05, 0) is 67.7 Å². The third-order valence-corrected chi connectivity index (χ3v) is 4.94. The van der Waals surface area contributed by atoms with Crippen LogP contribution < -0.4 is 5.32 Å². The van der Waals surface area contributed by atoms with Gasteiger partial charge in [-0.1, -0.05) is 6.07 Å². The fourth-order valence-corrected chi connectivity index (χ4v) is 3.71. The molecule has 0 unspecified atom stereocenters. The Morgan fingerprint density at radius 1 is 1.15 bits per heavy atom. The van der Waals surface area contributed by atoms with Gasteiger partial charge in [0.2, 0.25) is 0 Å². The molecular weight excluding hydrogens is 349 g/mol. The molecule has 1 N–H and O–H groups in total. The number of halogens is 1. The molecule has 0 radical (unpaired) electrons. The SMILES string of the molecule is CCN1C(=S)N[C@H](c2ccccn2)[C@@H]1c1ccc(-c2ccc(F)cc2)o1. The molecule has 0 spiro atoms. The third kappa shape index (κ3) is 2.97. The highest BCUT2D eigenvalue weighted by molar-refractivity contribution is 7.80. The molecule has 1 aliphatic heterocycles. The molecule has 1 saturated heterocycles. The van der Waals surface area contributed by atoms with Crippen LogP contribution >= 0.6 is 12.2 Å². The predicted molar refractivity (Wildman–Crippen MR) is 102 cm³/mol. The molecule has 2 atom stereocenters. The van der Waals surface area contributed by atoms with Gasteiger partial charge in [-0.25, -0.2) is 4.39 Å². The van der Waals surface area contributed by atoms with Gasteiger partial charge in [0.05, 0.1) is 11.7 Å². The lowest BCUT2D eigenvalue weighted by Crippen LogP contribution is -2.29. The molecule has 1 aromatic carbocycles. The van der Waals surface area contributed by atoms with Gasteiger partial charge >= 0.3 is 0 Å². The molecule has 1 aliphatic rings. The Kier molecular flexibility index (Phi) is 4.42. The highest BCUT2D eigenvalue weighted by Gasteiger charge is 2.40. The zero-order chi connectivity index (χ0) is 18.1. The molecule has 26 heavy (non-hydrogen) atoms. The standard InChI is InChI=1S/C20H18FN3OS/c1-2-24-19(18(23-20(24)26)15-5-3-4-12-22-15)17-11-10-16(25-17)13-6-8-14(21)9-7-13/h3-12,18-19H,2H2,1H3,(H,23,26)/t18-,19+/m1/s1. The number of thiocarbonyl (C=S) groups is 1. The maximum Gasteiger partial charge on any atom is 0.170 e. The number of pyridine rings is 1. The lowest BCUT2D eigenvalue weighted by atomic mass is 10.0. The minimum absolute atomic E-state index is 0.0865. The minimum atomic E-state index is -0.266. The number of benzene rings is 1. The van der Waals surface area contributed by atoms with E-state index in [2.05, 4.69) is 22.1 Å². The Balaban J connectivity index is 1.71. The summed E-state index contributed by atoms with van der Waals surface area (Å²) in [6.07, 6.45) is 1.78. The van der Waals surface area contributed by atoms with Crippen molar-refractivity contribution in [3.63, 3.8) is 0 Å². The van der Waals surface area contributed by atoms with Crippen LogP contribution in [0.5, 0.6) is 0 Å². The number of aromatic nitrogens is 1. The molecule has 6 heteroatoms. The summed E-state index contributed by atoms with van der Waals surface area (Å²) >= 11 is 5.51. The van der Waals surface area contributed by atoms with E-state index in [-0.39, 0.29) is 17.9 Å². The number of nitrogens with zero attached hydrogens (tertiary/aromatic N) is 2. The fourth-order valence-electron chi connectivity index (χ4n) is 3.34. The van der Waals surface area contributed by atoms with Crippen LogP contribution in [0.2, 0.25) is 0 Å². The molecule has 0 saturated carbocycles. The monoisotopic (exact) mass is 367 g/mol. The maximum atomic E-state index is 13.2. The van der Waals surface area contributed by atoms with Crippen molar-refractivity contribution in [2.45, 2.75) is 19.0 Å². The first-order valence-electron chi connectivity index (χ1n) is 8.51. The van der Waals surface area contributed by atoms with Gasteiger partial charge in [0.1, 0.15) is 23.4 Å². The molecule has 4 nitrogen and oxygen atoms in total. The van der Waals surface area contributed by atoms with Crippen molar-refractivity contribution in [1.29, 1.82) is 0 Å². The van der Waals surface area contributed by atoms with Gasteiger partial charge in [0, 0.05) is 18.3 Å². The molecule has 0 amide bonds. The first-order valence-corrected chi connectivity index (χ1v) is 8.92. The first-order chi connectivity index (χ1) is 12.7. The average molecular weight is 367 g/mol. The minimum Gasteiger partial charge on any atom is -0.459 e. The summed E-state index contributed by atoms with van der Waals surface area (Å²) in [7, 11) is 0. The van der Waals surface area contributed by atoms with Gasteiger partial charge in [-0.15, -0.1) is 0 Å². The number of hydrogen-bond acceptors (Lipinski definition) is 3. The number of furan rings is 1. The summed E-state index contributed by atoms with van der Waals surface area (Å²) in [4.78, 5) is 6.58. The van der Waals surface area contributed by atoms with Crippen LogP contribution in [0.3, 0.4) is 0 Å². The quantitative estimate of drug-likeness (QED) is 0.689. The van der Waals surface area contributed by atoms with Crippen LogP contribution in [0.25, 0.3) is 11.3 Å². The molecule has 0 aliphatic carbocycles. The topological polar surface area (TPSA) is 41.3 Å². The summed E-state index contributed by atoms with van der Waals surface area (Å²) in [5.41, 5.74) is 1.75. The van der Waals surface area contributed by atoms with Crippen molar-refractivity contribution in [1.82, 2.24) is 15.2 Å². The zero-order valence-corrected chi connectivity index (χ0v) is 15.0. The lowest BCUT2D eigenvalue weighted by molar-refractivity contribution is 0.284. The second-order valence-electron chi connectivity index (χ2n) is 6.12. The lowest BCUT2D eigenvalue weighted by Gasteiger charge is -2.24. The van der Waals surface area contributed by atoms with E-state index in [1.165, 1.54) is 12.1 Å². The summed E-state index contributed by atoms with van der Waals surface area (Å²) in [6, 6.07) is 15.8. The highest BCUT2D eigenvalue weighted by atomic mass is 32.1. The molecule has 3 aromatic rings. The molecule has 1 fully saturated rings. The predicted octanol–water partition coefficient (Wildman–Crippen LogP) is 4.47. The Hall–Kier alpha value is -2.73. The van der Waals surface area contributed by atoms with Gasteiger partial charge in [-0.2, -0.15) is 0 Å². The van der Waals surface area contributed by atoms with Gasteiger partial charge in [0.15, 0.2) is 5.11 Å². The van der Waals surface area contributed by atoms with Gasteiger partial charge in [0.25, 0.3) is 0 Å². The zero-order valence-electron chi connectivity index (χ0n) is 14.2. The van der Waals surface area contributed by atoms with Crippen LogP contribution in [0.1, 0.15) is 30.5 Å². The van der Waals surface area contributed by atoms with Crippen molar-refractivity contribution in [2.75, 3.05) is 6.54 Å². The molecule has 2 aromatic heterocycles. The number of hydrogen-bond donors (Lipinski definition) is 1. The van der Waals surface area contributed by atoms with Crippen LogP contribution in [0, 0.1) is 5.82 Å². The summed E-state index contributed by atoms with van der Waals surface area (Å²) in [5.74, 6) is 1.24. The van der Waals surface area contributed by atoms with E-state index in [9.17, 15) is 4.39 Å². The van der Waals surface area contributed by atoms with Crippen molar-refractivity contribution < 1.29 is 8.81 Å². The van der Waals surface area contributed by atoms with E-state index in [1.807, 2.05) is 30.3 Å². The van der Waals surface area contributed by atoms with Crippen molar-refractivity contribution >= 4 is 17.3 Å². The van der Waals surface area contributed by atoms with Gasteiger partial charge < -0.3 is 14.6 Å². The average Bonchev–Trinajstić information content (AvgIpc) is 3.27. The van der Waals surface area contributed by atoms with E-state index in [4.69, 9.17) is 16.6 Å². The summed E-state index contributed by atoms with van der Waals surface area (Å²) in [6.45, 7) is 2.82. The van der Waals surface area contributed by atoms with Crippen molar-refractivity contribution in [3.8, 4) is 11.3 Å². The molecule has 3 heterocycles. The summed E-state index contributed by atoms with van der Waals surface area (Å²) < 4.78 is 19.3. The number of rotatable bonds is 4. The van der Waals surface area contributed by atoms with Crippen LogP contribution in [-0.4, -0.2) is 21.5 Å². The van der Waals surface area contributed by atoms with Crippen LogP contribution in [0.4, 0.5) is 4.39 Å². The summed E-state index contributed by atoms with van der Waals surface area (Å²) in [5, 5.41) is 4.05. The van der Waals surface area contributed by atoms with Crippen molar-refractivity contribution in [3.05, 3.63) is 78.1 Å². The van der Waals surface area contributed by atoms with Gasteiger partial charge in [-0.3, -0.25) is 4.98 Å².